The van der Waals surface area contributed by atoms with Gasteiger partial charge in [0.25, 0.3) is 6.47 Å². The third-order valence-electron chi connectivity index (χ3n) is 22.0. The average Bonchev–Trinajstić information content (AvgIpc) is 1.51. The van der Waals surface area contributed by atoms with Crippen molar-refractivity contribution in [3.8, 4) is 11.1 Å². The summed E-state index contributed by atoms with van der Waals surface area (Å²) in [7, 11) is -7.86. The van der Waals surface area contributed by atoms with Gasteiger partial charge in [0, 0.05) is 154 Å². The molecule has 4 heterocycles. The minimum atomic E-state index is -5.39. The second-order valence-electron chi connectivity index (χ2n) is 30.8. The van der Waals surface area contributed by atoms with Gasteiger partial charge in [0.2, 0.25) is 27.7 Å². The van der Waals surface area contributed by atoms with Crippen molar-refractivity contribution in [2.45, 2.75) is 185 Å². The number of ether oxygens (including phenoxy) is 1. The number of fused-ring (bicyclic) bond motifs is 4. The summed E-state index contributed by atoms with van der Waals surface area (Å²) in [5.41, 5.74) is 5.99. The number of nitrogens with one attached hydrogen (secondary N) is 6. The summed E-state index contributed by atoms with van der Waals surface area (Å²) < 4.78 is 116. The topological polar surface area (TPSA) is 447 Å². The largest absolute Gasteiger partial charge is 0.744 e. The quantitative estimate of drug-likeness (QED) is 0.00250. The Bertz CT molecular complexity index is 5410. The van der Waals surface area contributed by atoms with Crippen LogP contribution in [0.1, 0.15) is 152 Å². The molecular weight excluding hydrogens is 1710 g/mol. The van der Waals surface area contributed by atoms with Crippen molar-refractivity contribution in [1.82, 2.24) is 35.8 Å². The van der Waals surface area contributed by atoms with Crippen molar-refractivity contribution < 1.29 is 112 Å². The maximum absolute atomic E-state index is 16.2. The van der Waals surface area contributed by atoms with E-state index >= 15 is 13.4 Å². The molecule has 31 nitrogen and oxygen atoms in total. The highest BCUT2D eigenvalue weighted by molar-refractivity contribution is 8.76. The zero-order valence-corrected chi connectivity index (χ0v) is 74.2. The number of hydrogen-bond donors (Lipinski definition) is 9. The minimum Gasteiger partial charge on any atom is -0.744 e. The van der Waals surface area contributed by atoms with Crippen LogP contribution in [0.25, 0.3) is 39.1 Å². The van der Waals surface area contributed by atoms with Gasteiger partial charge in [0.05, 0.1) is 57.1 Å². The fraction of sp³-hybridized carbons (Fsp3) is 0.420. The van der Waals surface area contributed by atoms with E-state index in [0.29, 0.717) is 87.5 Å². The molecule has 38 heteroatoms. The van der Waals surface area contributed by atoms with Crippen LogP contribution in [-0.2, 0) is 85.7 Å². The number of rotatable bonds is 54. The monoisotopic (exact) mass is 1820 g/mol. The SMILES string of the molecule is CCN(CC)c1ccc2c(-c3ccc(S(=O)(=O)NCCSSCC(CC(=O)C(CCCCNC(=O)CCC4=[N+]5C(=Cc6c(C)cc(C)n6[B-]5(F)F)C=C4)NC(=O)[C@@H](CC(=O)[C@H](Cc4ccccc4)NC(=O)CCCCC(=O)CC[C@H](NC(=O)N[C@@H](CCC(=O)O)OC=O)C(=O)O)Cc4ccccc4)C(=O)O)cc3S(=O)(=O)[O-])c3ccc(N(CC)CC)cc3[o+]c2c1. The Morgan fingerprint density at radius 2 is 1.25 bits per heavy atom. The number of carbonyl (C=O) groups excluding carboxylic acids is 8. The normalized spacial score (nSPS) is 14.3. The highest BCUT2D eigenvalue weighted by atomic mass is 33.1. The molecule has 5 aromatic carbocycles. The Morgan fingerprint density at radius 1 is 0.627 bits per heavy atom. The number of carboxylic acids is 3. The first-order valence-corrected chi connectivity index (χ1v) is 47.2. The Morgan fingerprint density at radius 3 is 1.85 bits per heavy atom. The molecule has 0 saturated heterocycles. The van der Waals surface area contributed by atoms with Crippen molar-refractivity contribution in [3.63, 3.8) is 0 Å². The lowest BCUT2D eigenvalue weighted by molar-refractivity contribution is -0.362. The van der Waals surface area contributed by atoms with Crippen LogP contribution in [-0.4, -0.2) is 199 Å². The molecule has 7 aromatic rings. The molecule has 676 valence electrons. The summed E-state index contributed by atoms with van der Waals surface area (Å²) in [6.07, 6.45) is 0.862. The van der Waals surface area contributed by atoms with Crippen LogP contribution in [0.15, 0.2) is 153 Å². The molecule has 0 fully saturated rings. The molecule has 9 N–H and O–H groups in total. The van der Waals surface area contributed by atoms with Gasteiger partial charge < -0.3 is 78.6 Å². The Hall–Kier alpha value is -11.2. The van der Waals surface area contributed by atoms with E-state index in [2.05, 4.69) is 45.8 Å². The number of amides is 5. The Labute approximate surface area is 738 Å². The van der Waals surface area contributed by atoms with Gasteiger partial charge >= 0.3 is 42.1 Å². The summed E-state index contributed by atoms with van der Waals surface area (Å²) in [5, 5.41) is 43.1. The number of Topliss-reactive ketones (excluding diaryl/α,β-unsaturated/α-hetero) is 3. The minimum absolute atomic E-state index is 0.0103. The van der Waals surface area contributed by atoms with Crippen molar-refractivity contribution in [1.29, 1.82) is 0 Å². The summed E-state index contributed by atoms with van der Waals surface area (Å²) in [4.78, 5) is 148. The number of anilines is 2. The standard InChI is InChI=1S/C88H107BF2N10O21S4/c1-7-98(8-2)63-30-35-68-77(51-63)122-78-52-64(99(9-3)10-4)31-36-69(78)84(68)70-37-34-67(53-79(70)126(118,119)120)125(116,117)93-43-44-123-124-54-61(86(111)112)49-75(104)71(26-19-20-42-92-80(106)39-32-62-28-29-65-50-74-56(5)45-57(6)100(74)89(90,91)101(62)65)95-85(110)60(46-58-21-13-11-14-22-58)48-76(105)73(47-59-23-15-12-16-24-59)94-81(107)27-18-17-25-66(103)33-38-72(87(113)114)96-88(115)97-82(121-55-102)40-41-83(108)109/h11-16,21-24,28-31,34-37,45,50-53,55,60-61,71-73,82,93H,7-10,17-20,25-27,32-33,38-44,46-49,54H2,1-6H3,(H8-,92,94,95,96,97,106,107,108,109,110,111,112,113,114,115,118,119,120)/t60-,61?,71?,72+,73+,82-/m1/s1. The maximum Gasteiger partial charge on any atom is 0.737 e. The molecule has 2 aromatic heterocycles. The zero-order valence-electron chi connectivity index (χ0n) is 70.9. The van der Waals surface area contributed by atoms with E-state index in [9.17, 15) is 79.5 Å². The number of hydrogen-bond acceptors (Lipinski definition) is 21. The van der Waals surface area contributed by atoms with Crippen LogP contribution in [0.3, 0.4) is 0 Å². The number of allylic oxidation sites excluding steroid dienone is 2. The number of benzene rings is 5. The summed E-state index contributed by atoms with van der Waals surface area (Å²) in [6.45, 7) is 9.53. The van der Waals surface area contributed by atoms with E-state index < -0.39 is 151 Å². The predicted octanol–water partition coefficient (Wildman–Crippen LogP) is 11.3. The van der Waals surface area contributed by atoms with Crippen LogP contribution in [0.4, 0.5) is 24.8 Å². The van der Waals surface area contributed by atoms with Crippen LogP contribution in [0.5, 0.6) is 0 Å². The number of ketones is 3. The lowest BCUT2D eigenvalue weighted by Crippen LogP contribution is -2.50. The fourth-order valence-electron chi connectivity index (χ4n) is 15.5. The van der Waals surface area contributed by atoms with Gasteiger partial charge in [-0.05, 0) is 158 Å². The molecule has 2 unspecified atom stereocenters. The molecule has 2 aliphatic heterocycles. The number of aryl methyl sites for hydroxylation is 2. The molecule has 0 aliphatic carbocycles. The number of halogens is 2. The molecule has 5 amide bonds. The van der Waals surface area contributed by atoms with Crippen LogP contribution >= 0.6 is 21.6 Å². The van der Waals surface area contributed by atoms with E-state index in [1.54, 1.807) is 111 Å². The van der Waals surface area contributed by atoms with Crippen LogP contribution in [0, 0.1) is 25.7 Å². The number of unbranched alkanes of at least 4 members (excludes halogenated alkanes) is 2. The molecule has 9 rings (SSSR count). The average molecular weight is 1820 g/mol. The van der Waals surface area contributed by atoms with Gasteiger partial charge in [-0.3, -0.25) is 43.2 Å². The smallest absolute Gasteiger partial charge is 0.737 e. The third kappa shape index (κ3) is 27.2. The second kappa shape index (κ2) is 46.3. The number of aromatic nitrogens is 1. The second-order valence-corrected chi connectivity index (χ2v) is 36.5. The van der Waals surface area contributed by atoms with E-state index in [0.717, 1.165) is 48.0 Å². The van der Waals surface area contributed by atoms with Gasteiger partial charge in [0.15, 0.2) is 23.5 Å². The first kappa shape index (κ1) is 98.6. The number of urea groups is 1. The molecule has 0 saturated carbocycles. The van der Waals surface area contributed by atoms with E-state index in [1.165, 1.54) is 12.1 Å². The molecule has 2 aliphatic rings. The zero-order chi connectivity index (χ0) is 91.6. The number of aliphatic carboxylic acids is 3. The summed E-state index contributed by atoms with van der Waals surface area (Å²) in [6, 6.07) is 27.9. The summed E-state index contributed by atoms with van der Waals surface area (Å²) in [5.74, 6) is -10.4. The maximum atomic E-state index is 16.2. The number of nitrogens with zero attached hydrogens (tertiary/aromatic N) is 4. The van der Waals surface area contributed by atoms with Gasteiger partial charge in [-0.25, -0.2) is 35.6 Å². The Kier molecular flexibility index (Phi) is 36.3. The van der Waals surface area contributed by atoms with Gasteiger partial charge in [-0.15, -0.1) is 0 Å². The van der Waals surface area contributed by atoms with Crippen molar-refractivity contribution in [3.05, 3.63) is 167 Å². The van der Waals surface area contributed by atoms with Crippen LogP contribution < -0.4 is 41.1 Å². The van der Waals surface area contributed by atoms with E-state index in [1.807, 2.05) is 52.0 Å². The molecular formula is C88H107BF2N10O21S4. The first-order valence-electron chi connectivity index (χ1n) is 41.9. The third-order valence-corrected chi connectivity index (χ3v) is 26.9. The predicted molar refractivity (Wildman–Crippen MR) is 476 cm³/mol. The first-order chi connectivity index (χ1) is 60.1. The van der Waals surface area contributed by atoms with Crippen molar-refractivity contribution >= 4 is 159 Å². The van der Waals surface area contributed by atoms with Gasteiger partial charge in [-0.1, -0.05) is 88.3 Å². The van der Waals surface area contributed by atoms with Crippen molar-refractivity contribution in [2.24, 2.45) is 11.8 Å². The lowest BCUT2D eigenvalue weighted by Gasteiger charge is -2.30. The molecule has 0 bridgehead atoms. The highest BCUT2D eigenvalue weighted by Crippen LogP contribution is 2.43. The fourth-order valence-corrected chi connectivity index (χ4v) is 19.7. The van der Waals surface area contributed by atoms with Gasteiger partial charge in [-0.2, -0.15) is 0 Å². The Balaban J connectivity index is 0.866. The van der Waals surface area contributed by atoms with E-state index in [-0.39, 0.29) is 132 Å². The van der Waals surface area contributed by atoms with Crippen molar-refractivity contribution in [2.75, 3.05) is 60.6 Å². The number of carbonyl (C=O) groups is 11. The number of sulfonamides is 1. The molecule has 6 atom stereocenters. The lowest BCUT2D eigenvalue weighted by atomic mass is 9.88. The summed E-state index contributed by atoms with van der Waals surface area (Å²) >= 11 is 0. The highest BCUT2D eigenvalue weighted by Gasteiger charge is 2.52. The molecule has 126 heavy (non-hydrogen) atoms. The van der Waals surface area contributed by atoms with E-state index in [4.69, 9.17) is 9.52 Å². The van der Waals surface area contributed by atoms with Gasteiger partial charge in [0.1, 0.15) is 27.7 Å². The van der Waals surface area contributed by atoms with Crippen LogP contribution in [0.2, 0.25) is 0 Å². The molecule has 0 spiro atoms. The number of carboxylic acid groups (broad SMARTS) is 3. The molecule has 0 radical (unpaired) electrons.